The molecule has 3 atom stereocenters. The van der Waals surface area contributed by atoms with Crippen LogP contribution in [0.15, 0.2) is 54.6 Å². The van der Waals surface area contributed by atoms with Crippen LogP contribution in [0.2, 0.25) is 0 Å². The Hall–Kier alpha value is -3.68. The third-order valence-corrected chi connectivity index (χ3v) is 6.91. The number of nitrogens with zero attached hydrogens (tertiary/aromatic N) is 2. The van der Waals surface area contributed by atoms with Crippen molar-refractivity contribution in [2.75, 3.05) is 6.54 Å². The molecule has 1 aromatic heterocycles. The van der Waals surface area contributed by atoms with E-state index in [1.54, 1.807) is 0 Å². The zero-order chi connectivity index (χ0) is 26.4. The quantitative estimate of drug-likeness (QED) is 0.381. The van der Waals surface area contributed by atoms with Crippen LogP contribution >= 0.6 is 0 Å². The van der Waals surface area contributed by atoms with Crippen LogP contribution < -0.4 is 10.6 Å². The maximum atomic E-state index is 13.4. The molecule has 4 rings (SSSR count). The molecular formula is C29H37N5O3. The summed E-state index contributed by atoms with van der Waals surface area (Å²) in [5, 5.41) is 5.78. The van der Waals surface area contributed by atoms with Gasteiger partial charge in [0, 0.05) is 13.0 Å². The SMILES string of the molecule is CC(C)CCC(=O)NC(CC(=O)N1CCC[C@@H]1c1ccccc1)C(=O)NC(C)c1nc2ccccc2[nH]1. The zero-order valence-corrected chi connectivity index (χ0v) is 21.9. The van der Waals surface area contributed by atoms with Crippen LogP contribution in [0, 0.1) is 5.92 Å². The van der Waals surface area contributed by atoms with Crippen molar-refractivity contribution in [3.63, 3.8) is 0 Å². The molecule has 0 aliphatic carbocycles. The molecule has 0 spiro atoms. The lowest BCUT2D eigenvalue weighted by Crippen LogP contribution is -2.50. The van der Waals surface area contributed by atoms with Gasteiger partial charge in [0.2, 0.25) is 17.7 Å². The number of rotatable bonds is 10. The highest BCUT2D eigenvalue weighted by molar-refractivity contribution is 5.92. The molecule has 3 amide bonds. The molecular weight excluding hydrogens is 466 g/mol. The fourth-order valence-electron chi connectivity index (χ4n) is 4.83. The fourth-order valence-corrected chi connectivity index (χ4v) is 4.83. The highest BCUT2D eigenvalue weighted by Gasteiger charge is 2.33. The van der Waals surface area contributed by atoms with Gasteiger partial charge in [0.05, 0.1) is 29.5 Å². The van der Waals surface area contributed by atoms with Gasteiger partial charge in [-0.1, -0.05) is 56.3 Å². The number of fused-ring (bicyclic) bond motifs is 1. The summed E-state index contributed by atoms with van der Waals surface area (Å²) in [5.74, 6) is 0.235. The number of hydrogen-bond acceptors (Lipinski definition) is 4. The molecule has 0 radical (unpaired) electrons. The van der Waals surface area contributed by atoms with Crippen molar-refractivity contribution in [2.24, 2.45) is 5.92 Å². The third-order valence-electron chi connectivity index (χ3n) is 6.91. The molecule has 3 N–H and O–H groups in total. The fraction of sp³-hybridized carbons (Fsp3) is 0.448. The summed E-state index contributed by atoms with van der Waals surface area (Å²) in [6.07, 6.45) is 2.73. The van der Waals surface area contributed by atoms with Crippen molar-refractivity contribution in [3.05, 3.63) is 66.0 Å². The second-order valence-corrected chi connectivity index (χ2v) is 10.3. The lowest BCUT2D eigenvalue weighted by Gasteiger charge is -2.28. The van der Waals surface area contributed by atoms with Gasteiger partial charge in [-0.25, -0.2) is 4.98 Å². The Kier molecular flexibility index (Phi) is 8.58. The van der Waals surface area contributed by atoms with Crippen molar-refractivity contribution in [1.82, 2.24) is 25.5 Å². The first kappa shape index (κ1) is 26.4. The number of hydrogen-bond donors (Lipinski definition) is 3. The summed E-state index contributed by atoms with van der Waals surface area (Å²) in [5.41, 5.74) is 2.79. The first-order valence-corrected chi connectivity index (χ1v) is 13.2. The smallest absolute Gasteiger partial charge is 0.243 e. The van der Waals surface area contributed by atoms with Crippen LogP contribution in [0.1, 0.15) is 76.3 Å². The Bertz CT molecular complexity index is 1190. The molecule has 2 heterocycles. The van der Waals surface area contributed by atoms with Crippen LogP contribution in [0.25, 0.3) is 11.0 Å². The monoisotopic (exact) mass is 503 g/mol. The molecule has 8 nitrogen and oxygen atoms in total. The molecule has 1 saturated heterocycles. The molecule has 37 heavy (non-hydrogen) atoms. The minimum absolute atomic E-state index is 0.0106. The second kappa shape index (κ2) is 12.0. The Morgan fingerprint density at radius 2 is 1.76 bits per heavy atom. The van der Waals surface area contributed by atoms with Crippen molar-refractivity contribution < 1.29 is 14.4 Å². The van der Waals surface area contributed by atoms with Gasteiger partial charge in [-0.05, 0) is 49.8 Å². The molecule has 1 aliphatic rings. The van der Waals surface area contributed by atoms with E-state index >= 15 is 0 Å². The van der Waals surface area contributed by atoms with Gasteiger partial charge < -0.3 is 20.5 Å². The van der Waals surface area contributed by atoms with Gasteiger partial charge in [-0.3, -0.25) is 14.4 Å². The maximum absolute atomic E-state index is 13.4. The minimum Gasteiger partial charge on any atom is -0.345 e. The number of carbonyl (C=O) groups excluding carboxylic acids is 3. The minimum atomic E-state index is -0.962. The van der Waals surface area contributed by atoms with E-state index in [0.717, 1.165) is 29.4 Å². The molecule has 3 aromatic rings. The van der Waals surface area contributed by atoms with Gasteiger partial charge in [0.25, 0.3) is 0 Å². The number of para-hydroxylation sites is 2. The molecule has 0 saturated carbocycles. The molecule has 0 bridgehead atoms. The van der Waals surface area contributed by atoms with E-state index in [1.165, 1.54) is 0 Å². The number of H-pyrrole nitrogens is 1. The largest absolute Gasteiger partial charge is 0.345 e. The number of amides is 3. The summed E-state index contributed by atoms with van der Waals surface area (Å²) >= 11 is 0. The van der Waals surface area contributed by atoms with Crippen LogP contribution in [-0.2, 0) is 14.4 Å². The Morgan fingerprint density at radius 3 is 2.49 bits per heavy atom. The highest BCUT2D eigenvalue weighted by atomic mass is 16.2. The topological polar surface area (TPSA) is 107 Å². The van der Waals surface area contributed by atoms with E-state index in [0.29, 0.717) is 31.1 Å². The Morgan fingerprint density at radius 1 is 1.03 bits per heavy atom. The van der Waals surface area contributed by atoms with E-state index < -0.39 is 18.0 Å². The van der Waals surface area contributed by atoms with E-state index in [9.17, 15) is 14.4 Å². The number of imidazole rings is 1. The number of aromatic amines is 1. The summed E-state index contributed by atoms with van der Waals surface area (Å²) in [6, 6.07) is 16.2. The predicted molar refractivity (Wildman–Crippen MR) is 143 cm³/mol. The maximum Gasteiger partial charge on any atom is 0.243 e. The summed E-state index contributed by atoms with van der Waals surface area (Å²) in [7, 11) is 0. The molecule has 2 unspecified atom stereocenters. The van der Waals surface area contributed by atoms with Gasteiger partial charge in [0.1, 0.15) is 11.9 Å². The summed E-state index contributed by atoms with van der Waals surface area (Å²) < 4.78 is 0. The summed E-state index contributed by atoms with van der Waals surface area (Å²) in [6.45, 7) is 6.57. The number of likely N-dealkylation sites (tertiary alicyclic amines) is 1. The van der Waals surface area contributed by atoms with Crippen LogP contribution in [-0.4, -0.2) is 45.2 Å². The zero-order valence-electron chi connectivity index (χ0n) is 21.9. The van der Waals surface area contributed by atoms with Gasteiger partial charge in [-0.2, -0.15) is 0 Å². The third kappa shape index (κ3) is 6.76. The Balaban J connectivity index is 1.47. The lowest BCUT2D eigenvalue weighted by atomic mass is 10.0. The van der Waals surface area contributed by atoms with Crippen molar-refractivity contribution in [2.45, 2.75) is 71.0 Å². The van der Waals surface area contributed by atoms with Crippen LogP contribution in [0.4, 0.5) is 0 Å². The average Bonchev–Trinajstić information content (AvgIpc) is 3.55. The van der Waals surface area contributed by atoms with Crippen molar-refractivity contribution in [1.29, 1.82) is 0 Å². The number of carbonyl (C=O) groups is 3. The standard InChI is InChI=1S/C29H37N5O3/c1-19(2)15-16-26(35)31-24(18-27(36)34-17-9-14-25(34)21-10-5-4-6-11-21)29(37)30-20(3)28-32-22-12-7-8-13-23(22)33-28/h4-8,10-13,19-20,24-25H,9,14-18H2,1-3H3,(H,30,37)(H,31,35)(H,32,33)/t20?,24?,25-/m1/s1. The van der Waals surface area contributed by atoms with Crippen LogP contribution in [0.3, 0.4) is 0 Å². The van der Waals surface area contributed by atoms with Crippen molar-refractivity contribution in [3.8, 4) is 0 Å². The molecule has 1 fully saturated rings. The first-order chi connectivity index (χ1) is 17.8. The van der Waals surface area contributed by atoms with E-state index in [1.807, 2.05) is 80.3 Å². The summed E-state index contributed by atoms with van der Waals surface area (Å²) in [4.78, 5) is 49.2. The molecule has 8 heteroatoms. The second-order valence-electron chi connectivity index (χ2n) is 10.3. The van der Waals surface area contributed by atoms with Gasteiger partial charge in [-0.15, -0.1) is 0 Å². The number of aromatic nitrogens is 2. The number of nitrogens with one attached hydrogen (secondary N) is 3. The Labute approximate surface area is 218 Å². The van der Waals surface area contributed by atoms with Crippen molar-refractivity contribution >= 4 is 28.8 Å². The molecule has 2 aromatic carbocycles. The van der Waals surface area contributed by atoms with E-state index in [2.05, 4.69) is 20.6 Å². The number of benzene rings is 2. The average molecular weight is 504 g/mol. The molecule has 1 aliphatic heterocycles. The van der Waals surface area contributed by atoms with Gasteiger partial charge >= 0.3 is 0 Å². The van der Waals surface area contributed by atoms with Gasteiger partial charge in [0.15, 0.2) is 0 Å². The van der Waals surface area contributed by atoms with E-state index in [-0.39, 0.29) is 24.3 Å². The first-order valence-electron chi connectivity index (χ1n) is 13.2. The normalized spacial score (nSPS) is 17.1. The molecule has 196 valence electrons. The predicted octanol–water partition coefficient (Wildman–Crippen LogP) is 4.41. The van der Waals surface area contributed by atoms with E-state index in [4.69, 9.17) is 0 Å². The lowest BCUT2D eigenvalue weighted by molar-refractivity contribution is -0.137. The highest BCUT2D eigenvalue weighted by Crippen LogP contribution is 2.32. The van der Waals surface area contributed by atoms with Crippen LogP contribution in [0.5, 0.6) is 0 Å².